The Balaban J connectivity index is 1.80. The number of rotatable bonds is 6. The molecule has 1 aliphatic carbocycles. The van der Waals surface area contributed by atoms with Crippen LogP contribution in [0, 0.1) is 11.8 Å². The fraction of sp³-hybridized carbons (Fsp3) is 0.944. The lowest BCUT2D eigenvalue weighted by Gasteiger charge is -2.33. The Morgan fingerprint density at radius 3 is 2.64 bits per heavy atom. The molecule has 2 rings (SSSR count). The summed E-state index contributed by atoms with van der Waals surface area (Å²) >= 11 is 0. The van der Waals surface area contributed by atoms with E-state index >= 15 is 0 Å². The Morgan fingerprint density at radius 2 is 1.95 bits per heavy atom. The fourth-order valence-corrected chi connectivity index (χ4v) is 3.79. The Bertz CT molecular complexity index is 334. The second-order valence-electron chi connectivity index (χ2n) is 7.51. The van der Waals surface area contributed by atoms with Gasteiger partial charge in [0.15, 0.2) is 5.96 Å². The molecule has 1 heterocycles. The number of hydrogen-bond acceptors (Lipinski definition) is 2. The second kappa shape index (κ2) is 9.39. The summed E-state index contributed by atoms with van der Waals surface area (Å²) in [5.74, 6) is 2.53. The van der Waals surface area contributed by atoms with Crippen molar-refractivity contribution in [1.29, 1.82) is 0 Å². The Hall–Kier alpha value is -0.770. The number of piperidine rings is 1. The zero-order chi connectivity index (χ0) is 15.8. The van der Waals surface area contributed by atoms with Crippen LogP contribution < -0.4 is 10.6 Å². The minimum atomic E-state index is 0.640. The lowest BCUT2D eigenvalue weighted by Crippen LogP contribution is -2.43. The average Bonchev–Trinajstić information content (AvgIpc) is 2.98. The van der Waals surface area contributed by atoms with Crippen LogP contribution in [0.25, 0.3) is 0 Å². The van der Waals surface area contributed by atoms with Crippen LogP contribution in [-0.2, 0) is 0 Å². The summed E-state index contributed by atoms with van der Waals surface area (Å²) in [6.07, 6.45) is 8.00. The molecule has 0 spiro atoms. The summed E-state index contributed by atoms with van der Waals surface area (Å²) in [6.45, 7) is 12.4. The van der Waals surface area contributed by atoms with Crippen LogP contribution in [0.15, 0.2) is 4.99 Å². The molecular weight excluding hydrogens is 272 g/mol. The van der Waals surface area contributed by atoms with Gasteiger partial charge in [0.25, 0.3) is 0 Å². The van der Waals surface area contributed by atoms with E-state index in [1.807, 2.05) is 0 Å². The molecule has 128 valence electrons. The molecular formula is C18H36N4. The first-order chi connectivity index (χ1) is 10.7. The van der Waals surface area contributed by atoms with E-state index in [4.69, 9.17) is 4.99 Å². The lowest BCUT2D eigenvalue weighted by molar-refractivity contribution is 0.162. The van der Waals surface area contributed by atoms with Gasteiger partial charge >= 0.3 is 0 Å². The summed E-state index contributed by atoms with van der Waals surface area (Å²) < 4.78 is 0. The summed E-state index contributed by atoms with van der Waals surface area (Å²) in [4.78, 5) is 7.51. The molecule has 4 nitrogen and oxygen atoms in total. The van der Waals surface area contributed by atoms with Gasteiger partial charge in [-0.25, -0.2) is 0 Å². The minimum Gasteiger partial charge on any atom is -0.357 e. The van der Waals surface area contributed by atoms with E-state index in [1.54, 1.807) is 0 Å². The van der Waals surface area contributed by atoms with E-state index in [2.05, 4.69) is 36.3 Å². The van der Waals surface area contributed by atoms with E-state index in [1.165, 1.54) is 58.2 Å². The quantitative estimate of drug-likeness (QED) is 0.585. The van der Waals surface area contributed by atoms with Gasteiger partial charge in [0.05, 0.1) is 0 Å². The molecule has 0 aromatic rings. The first kappa shape index (κ1) is 17.6. The summed E-state index contributed by atoms with van der Waals surface area (Å²) in [5, 5.41) is 7.04. The average molecular weight is 309 g/mol. The highest BCUT2D eigenvalue weighted by molar-refractivity contribution is 5.80. The Morgan fingerprint density at radius 1 is 1.18 bits per heavy atom. The van der Waals surface area contributed by atoms with Crippen molar-refractivity contribution in [3.05, 3.63) is 0 Å². The van der Waals surface area contributed by atoms with Gasteiger partial charge in [0, 0.05) is 32.2 Å². The van der Waals surface area contributed by atoms with Gasteiger partial charge in [0.2, 0.25) is 0 Å². The standard InChI is InChI=1S/C18H36N4/c1-4-19-18(21-17-9-5-6-10-17)20-12-16-8-7-11-22(14-16)13-15(2)3/h15-17H,4-14H2,1-3H3,(H2,19,20,21). The molecule has 0 bridgehead atoms. The summed E-state index contributed by atoms with van der Waals surface area (Å²) in [7, 11) is 0. The summed E-state index contributed by atoms with van der Waals surface area (Å²) in [5.41, 5.74) is 0. The number of aliphatic imine (C=N–C) groups is 1. The van der Waals surface area contributed by atoms with Crippen LogP contribution in [0.5, 0.6) is 0 Å². The highest BCUT2D eigenvalue weighted by Gasteiger charge is 2.21. The SMILES string of the molecule is CCNC(=NCC1CCCN(CC(C)C)C1)NC1CCCC1. The second-order valence-corrected chi connectivity index (χ2v) is 7.51. The molecule has 0 aromatic heterocycles. The molecule has 22 heavy (non-hydrogen) atoms. The molecule has 1 saturated carbocycles. The van der Waals surface area contributed by atoms with Gasteiger partial charge < -0.3 is 15.5 Å². The van der Waals surface area contributed by atoms with Gasteiger partial charge in [-0.15, -0.1) is 0 Å². The van der Waals surface area contributed by atoms with Crippen molar-refractivity contribution < 1.29 is 0 Å². The van der Waals surface area contributed by atoms with Gasteiger partial charge in [-0.2, -0.15) is 0 Å². The number of guanidine groups is 1. The maximum Gasteiger partial charge on any atom is 0.191 e. The lowest BCUT2D eigenvalue weighted by atomic mass is 9.97. The molecule has 2 N–H and O–H groups in total. The largest absolute Gasteiger partial charge is 0.357 e. The molecule has 1 unspecified atom stereocenters. The fourth-order valence-electron chi connectivity index (χ4n) is 3.79. The number of hydrogen-bond donors (Lipinski definition) is 2. The van der Waals surface area contributed by atoms with Gasteiger partial charge in [-0.3, -0.25) is 4.99 Å². The molecule has 1 aliphatic heterocycles. The number of nitrogens with one attached hydrogen (secondary N) is 2. The van der Waals surface area contributed by atoms with Crippen LogP contribution in [0.1, 0.15) is 59.3 Å². The topological polar surface area (TPSA) is 39.7 Å². The number of nitrogens with zero attached hydrogens (tertiary/aromatic N) is 2. The zero-order valence-corrected chi connectivity index (χ0v) is 14.9. The normalized spacial score (nSPS) is 24.9. The van der Waals surface area contributed by atoms with E-state index in [0.717, 1.165) is 30.9 Å². The van der Waals surface area contributed by atoms with Gasteiger partial charge in [-0.1, -0.05) is 26.7 Å². The smallest absolute Gasteiger partial charge is 0.191 e. The molecule has 1 saturated heterocycles. The predicted molar refractivity (Wildman–Crippen MR) is 95.4 cm³/mol. The Labute approximate surface area is 137 Å². The summed E-state index contributed by atoms with van der Waals surface area (Å²) in [6, 6.07) is 0.640. The van der Waals surface area contributed by atoms with Crippen LogP contribution >= 0.6 is 0 Å². The van der Waals surface area contributed by atoms with Crippen molar-refractivity contribution in [3.8, 4) is 0 Å². The monoisotopic (exact) mass is 308 g/mol. The van der Waals surface area contributed by atoms with Crippen LogP contribution in [0.3, 0.4) is 0 Å². The predicted octanol–water partition coefficient (Wildman–Crippen LogP) is 2.85. The van der Waals surface area contributed by atoms with Crippen molar-refractivity contribution in [2.75, 3.05) is 32.7 Å². The van der Waals surface area contributed by atoms with E-state index in [-0.39, 0.29) is 0 Å². The molecule has 0 amide bonds. The molecule has 0 radical (unpaired) electrons. The van der Waals surface area contributed by atoms with Gasteiger partial charge in [-0.05, 0) is 51.0 Å². The van der Waals surface area contributed by atoms with Crippen molar-refractivity contribution in [2.24, 2.45) is 16.8 Å². The van der Waals surface area contributed by atoms with Crippen LogP contribution in [-0.4, -0.2) is 49.6 Å². The maximum atomic E-state index is 4.88. The molecule has 4 heteroatoms. The van der Waals surface area contributed by atoms with Crippen molar-refractivity contribution in [2.45, 2.75) is 65.3 Å². The molecule has 2 aliphatic rings. The third kappa shape index (κ3) is 6.15. The maximum absolute atomic E-state index is 4.88. The van der Waals surface area contributed by atoms with E-state index in [9.17, 15) is 0 Å². The van der Waals surface area contributed by atoms with Crippen molar-refractivity contribution in [3.63, 3.8) is 0 Å². The molecule has 1 atom stereocenters. The Kier molecular flexibility index (Phi) is 7.50. The minimum absolute atomic E-state index is 0.640. The van der Waals surface area contributed by atoms with Crippen LogP contribution in [0.2, 0.25) is 0 Å². The van der Waals surface area contributed by atoms with Crippen molar-refractivity contribution >= 4 is 5.96 Å². The van der Waals surface area contributed by atoms with E-state index in [0.29, 0.717) is 6.04 Å². The molecule has 2 fully saturated rings. The zero-order valence-electron chi connectivity index (χ0n) is 14.9. The highest BCUT2D eigenvalue weighted by atomic mass is 15.2. The highest BCUT2D eigenvalue weighted by Crippen LogP contribution is 2.19. The van der Waals surface area contributed by atoms with Crippen molar-refractivity contribution in [1.82, 2.24) is 15.5 Å². The third-order valence-corrected chi connectivity index (χ3v) is 4.77. The first-order valence-electron chi connectivity index (χ1n) is 9.44. The van der Waals surface area contributed by atoms with Crippen LogP contribution in [0.4, 0.5) is 0 Å². The number of likely N-dealkylation sites (tertiary alicyclic amines) is 1. The van der Waals surface area contributed by atoms with E-state index < -0.39 is 0 Å². The molecule has 0 aromatic carbocycles. The van der Waals surface area contributed by atoms with Gasteiger partial charge in [0.1, 0.15) is 0 Å². The third-order valence-electron chi connectivity index (χ3n) is 4.77. The first-order valence-corrected chi connectivity index (χ1v) is 9.44.